The normalized spacial score (nSPS) is 20.1. The van der Waals surface area contributed by atoms with Crippen LogP contribution in [0, 0.1) is 11.8 Å². The zero-order valence-corrected chi connectivity index (χ0v) is 21.8. The van der Waals surface area contributed by atoms with E-state index in [0.717, 1.165) is 25.7 Å². The van der Waals surface area contributed by atoms with Gasteiger partial charge < -0.3 is 24.6 Å². The Morgan fingerprint density at radius 3 is 2.37 bits per heavy atom. The monoisotopic (exact) mass is 493 g/mol. The Bertz CT molecular complexity index is 755. The SMILES string of the molecule is C=CC(CC(=O)OCC)NC(=O)[C@@H]1CCCN(C(=O)CCC2CCN(C(=O)OC(C)(C)C)CC2)C1. The van der Waals surface area contributed by atoms with E-state index in [-0.39, 0.29) is 36.2 Å². The summed E-state index contributed by atoms with van der Waals surface area (Å²) in [4.78, 5) is 53.1. The first-order valence-electron chi connectivity index (χ1n) is 12.9. The van der Waals surface area contributed by atoms with E-state index in [0.29, 0.717) is 51.5 Å². The van der Waals surface area contributed by atoms with Crippen LogP contribution < -0.4 is 5.32 Å². The molecule has 0 saturated carbocycles. The van der Waals surface area contributed by atoms with Gasteiger partial charge in [-0.15, -0.1) is 6.58 Å². The molecule has 2 fully saturated rings. The van der Waals surface area contributed by atoms with E-state index >= 15 is 0 Å². The molecule has 0 aromatic heterocycles. The minimum atomic E-state index is -0.503. The maximum absolute atomic E-state index is 12.9. The first-order chi connectivity index (χ1) is 16.5. The molecule has 0 aliphatic carbocycles. The van der Waals surface area contributed by atoms with Gasteiger partial charge in [0.1, 0.15) is 5.60 Å². The zero-order valence-electron chi connectivity index (χ0n) is 21.8. The third-order valence-corrected chi connectivity index (χ3v) is 6.48. The van der Waals surface area contributed by atoms with Crippen molar-refractivity contribution in [1.29, 1.82) is 0 Å². The lowest BCUT2D eigenvalue weighted by molar-refractivity contribution is -0.143. The van der Waals surface area contributed by atoms with E-state index in [4.69, 9.17) is 9.47 Å². The predicted molar refractivity (Wildman–Crippen MR) is 132 cm³/mol. The summed E-state index contributed by atoms with van der Waals surface area (Å²) in [6.07, 6.45) is 5.75. The van der Waals surface area contributed by atoms with E-state index in [1.54, 1.807) is 16.7 Å². The average molecular weight is 494 g/mol. The van der Waals surface area contributed by atoms with Gasteiger partial charge in [0.25, 0.3) is 0 Å². The second-order valence-electron chi connectivity index (χ2n) is 10.5. The van der Waals surface area contributed by atoms with Crippen molar-refractivity contribution in [1.82, 2.24) is 15.1 Å². The van der Waals surface area contributed by atoms with Crippen LogP contribution in [0.15, 0.2) is 12.7 Å². The van der Waals surface area contributed by atoms with Gasteiger partial charge in [0.15, 0.2) is 0 Å². The molecule has 9 nitrogen and oxygen atoms in total. The largest absolute Gasteiger partial charge is 0.466 e. The third-order valence-electron chi connectivity index (χ3n) is 6.48. The number of carbonyl (C=O) groups excluding carboxylic acids is 4. The van der Waals surface area contributed by atoms with Gasteiger partial charge in [0, 0.05) is 32.6 Å². The van der Waals surface area contributed by atoms with Crippen LogP contribution in [-0.4, -0.2) is 78.1 Å². The molecule has 0 bridgehead atoms. The van der Waals surface area contributed by atoms with Crippen molar-refractivity contribution in [2.75, 3.05) is 32.8 Å². The van der Waals surface area contributed by atoms with Crippen LogP contribution in [0.3, 0.4) is 0 Å². The molecule has 9 heteroatoms. The number of nitrogens with one attached hydrogen (secondary N) is 1. The smallest absolute Gasteiger partial charge is 0.410 e. The number of piperidine rings is 2. The highest BCUT2D eigenvalue weighted by molar-refractivity contribution is 5.82. The topological polar surface area (TPSA) is 105 Å². The van der Waals surface area contributed by atoms with Crippen LogP contribution in [0.1, 0.15) is 72.6 Å². The summed E-state index contributed by atoms with van der Waals surface area (Å²) < 4.78 is 10.4. The summed E-state index contributed by atoms with van der Waals surface area (Å²) in [5, 5.41) is 2.86. The molecule has 0 spiro atoms. The maximum Gasteiger partial charge on any atom is 0.410 e. The van der Waals surface area contributed by atoms with E-state index in [1.165, 1.54) is 6.08 Å². The van der Waals surface area contributed by atoms with Crippen molar-refractivity contribution < 1.29 is 28.7 Å². The minimum absolute atomic E-state index is 0.0468. The number of hydrogen-bond acceptors (Lipinski definition) is 6. The lowest BCUT2D eigenvalue weighted by Crippen LogP contribution is -2.47. The van der Waals surface area contributed by atoms with E-state index in [1.807, 2.05) is 20.8 Å². The third kappa shape index (κ3) is 9.90. The molecule has 0 aromatic rings. The molecule has 1 unspecified atom stereocenters. The Morgan fingerprint density at radius 1 is 1.09 bits per heavy atom. The highest BCUT2D eigenvalue weighted by atomic mass is 16.6. The lowest BCUT2D eigenvalue weighted by atomic mass is 9.91. The summed E-state index contributed by atoms with van der Waals surface area (Å²) in [6.45, 7) is 13.7. The van der Waals surface area contributed by atoms with Gasteiger partial charge in [-0.25, -0.2) is 4.79 Å². The van der Waals surface area contributed by atoms with Gasteiger partial charge in [0.05, 0.1) is 25.0 Å². The van der Waals surface area contributed by atoms with Gasteiger partial charge >= 0.3 is 12.1 Å². The predicted octanol–water partition coefficient (Wildman–Crippen LogP) is 3.28. The summed E-state index contributed by atoms with van der Waals surface area (Å²) in [5.74, 6) is -0.364. The quantitative estimate of drug-likeness (QED) is 0.390. The van der Waals surface area contributed by atoms with Crippen molar-refractivity contribution in [3.05, 3.63) is 12.7 Å². The lowest BCUT2D eigenvalue weighted by Gasteiger charge is -2.35. The summed E-state index contributed by atoms with van der Waals surface area (Å²) >= 11 is 0. The van der Waals surface area contributed by atoms with Crippen LogP contribution in [0.5, 0.6) is 0 Å². The van der Waals surface area contributed by atoms with Crippen molar-refractivity contribution in [2.24, 2.45) is 11.8 Å². The molecule has 2 heterocycles. The van der Waals surface area contributed by atoms with Crippen molar-refractivity contribution >= 4 is 23.9 Å². The molecule has 198 valence electrons. The summed E-state index contributed by atoms with van der Waals surface area (Å²) in [6, 6.07) is -0.487. The molecular weight excluding hydrogens is 450 g/mol. The molecule has 2 atom stereocenters. The highest BCUT2D eigenvalue weighted by Crippen LogP contribution is 2.25. The average Bonchev–Trinajstić information content (AvgIpc) is 2.81. The molecule has 2 aliphatic heterocycles. The number of rotatable bonds is 9. The number of ether oxygens (including phenoxy) is 2. The van der Waals surface area contributed by atoms with Crippen LogP contribution in [-0.2, 0) is 23.9 Å². The van der Waals surface area contributed by atoms with Crippen molar-refractivity contribution in [2.45, 2.75) is 84.3 Å². The molecule has 2 aliphatic rings. The number of nitrogens with zero attached hydrogens (tertiary/aromatic N) is 2. The second-order valence-corrected chi connectivity index (χ2v) is 10.5. The van der Waals surface area contributed by atoms with E-state index in [9.17, 15) is 19.2 Å². The van der Waals surface area contributed by atoms with E-state index < -0.39 is 11.6 Å². The number of hydrogen-bond donors (Lipinski definition) is 1. The fraction of sp³-hybridized carbons (Fsp3) is 0.769. The van der Waals surface area contributed by atoms with Gasteiger partial charge in [-0.3, -0.25) is 14.4 Å². The molecule has 2 saturated heterocycles. The van der Waals surface area contributed by atoms with Crippen LogP contribution in [0.25, 0.3) is 0 Å². The molecule has 3 amide bonds. The molecule has 1 N–H and O–H groups in total. The van der Waals surface area contributed by atoms with E-state index in [2.05, 4.69) is 11.9 Å². The molecule has 0 aromatic carbocycles. The fourth-order valence-corrected chi connectivity index (χ4v) is 4.53. The Morgan fingerprint density at radius 2 is 1.77 bits per heavy atom. The summed E-state index contributed by atoms with van der Waals surface area (Å²) in [5.41, 5.74) is -0.503. The molecule has 35 heavy (non-hydrogen) atoms. The standard InChI is InChI=1S/C26H43N3O6/c1-6-21(17-23(31)34-7-2)27-24(32)20-9-8-14-29(18-20)22(30)11-10-19-12-15-28(16-13-19)25(33)35-26(3,4)5/h6,19-21H,1,7-18H2,2-5H3,(H,27,32)/t20-,21?/m1/s1. The van der Waals surface area contributed by atoms with Crippen LogP contribution in [0.4, 0.5) is 4.79 Å². The zero-order chi connectivity index (χ0) is 26.0. The minimum Gasteiger partial charge on any atom is -0.466 e. The molecule has 2 rings (SSSR count). The Kier molecular flexibility index (Phi) is 11.0. The Labute approximate surface area is 209 Å². The van der Waals surface area contributed by atoms with Crippen molar-refractivity contribution in [3.63, 3.8) is 0 Å². The van der Waals surface area contributed by atoms with Gasteiger partial charge in [-0.1, -0.05) is 6.08 Å². The second kappa shape index (κ2) is 13.5. The molecular formula is C26H43N3O6. The van der Waals surface area contributed by atoms with Gasteiger partial charge in [-0.05, 0) is 65.7 Å². The Hall–Kier alpha value is -2.58. The summed E-state index contributed by atoms with van der Waals surface area (Å²) in [7, 11) is 0. The number of carbonyl (C=O) groups is 4. The first-order valence-corrected chi connectivity index (χ1v) is 12.9. The Balaban J connectivity index is 1.75. The maximum atomic E-state index is 12.9. The van der Waals surface area contributed by atoms with Crippen LogP contribution in [0.2, 0.25) is 0 Å². The van der Waals surface area contributed by atoms with Crippen molar-refractivity contribution in [3.8, 4) is 0 Å². The highest BCUT2D eigenvalue weighted by Gasteiger charge is 2.31. The van der Waals surface area contributed by atoms with Gasteiger partial charge in [0.2, 0.25) is 11.8 Å². The fourth-order valence-electron chi connectivity index (χ4n) is 4.53. The number of likely N-dealkylation sites (tertiary alicyclic amines) is 2. The number of esters is 1. The van der Waals surface area contributed by atoms with Crippen LogP contribution >= 0.6 is 0 Å². The molecule has 0 radical (unpaired) electrons. The first kappa shape index (κ1) is 28.7. The van der Waals surface area contributed by atoms with Gasteiger partial charge in [-0.2, -0.15) is 0 Å². The number of amides is 3.